The maximum Gasteiger partial charge on any atom is 0.326 e. The first-order valence-electron chi connectivity index (χ1n) is 10.2. The van der Waals surface area contributed by atoms with Crippen LogP contribution in [0.1, 0.15) is 49.5 Å². The Balaban J connectivity index is 2.19. The minimum atomic E-state index is -1.20. The van der Waals surface area contributed by atoms with Gasteiger partial charge in [-0.2, -0.15) is 0 Å². The molecule has 1 aliphatic rings. The molecule has 3 rings (SSSR count). The number of amides is 2. The van der Waals surface area contributed by atoms with Crippen LogP contribution < -0.4 is 5.73 Å². The molecule has 4 atom stereocenters. The topological polar surface area (TPSA) is 110 Å². The Morgan fingerprint density at radius 2 is 1.59 bits per heavy atom. The Morgan fingerprint density at radius 3 is 2.06 bits per heavy atom. The highest BCUT2D eigenvalue weighted by Crippen LogP contribution is 2.44. The standard InChI is InChI=1S/C23H24Cl2N2O5/c1-2-3-17(23(30)31)27-20(13-4-8-15(24)9-5-13)21(14-6-10-16(25)11-7-14)32-18(22(27)29)12-19(26)28/h4-11,17-18,20-21H,2-3,12H2,1H3,(H2,26,28)(H,30,31)/t17-,18+,20-,21+/m1/s1. The van der Waals surface area contributed by atoms with Crippen LogP contribution in [0.2, 0.25) is 10.0 Å². The van der Waals surface area contributed by atoms with Gasteiger partial charge in [-0.3, -0.25) is 9.59 Å². The van der Waals surface area contributed by atoms with Crippen molar-refractivity contribution in [2.75, 3.05) is 0 Å². The summed E-state index contributed by atoms with van der Waals surface area (Å²) in [6, 6.07) is 11.8. The van der Waals surface area contributed by atoms with Crippen molar-refractivity contribution in [3.8, 4) is 0 Å². The van der Waals surface area contributed by atoms with Gasteiger partial charge in [0.05, 0.1) is 12.5 Å². The van der Waals surface area contributed by atoms with Crippen LogP contribution in [0, 0.1) is 0 Å². The lowest BCUT2D eigenvalue weighted by Gasteiger charge is -2.47. The van der Waals surface area contributed by atoms with E-state index in [1.807, 2.05) is 6.92 Å². The van der Waals surface area contributed by atoms with Crippen molar-refractivity contribution in [3.05, 3.63) is 69.7 Å². The van der Waals surface area contributed by atoms with Gasteiger partial charge in [0, 0.05) is 10.0 Å². The third kappa shape index (κ3) is 5.23. The molecule has 0 bridgehead atoms. The van der Waals surface area contributed by atoms with Gasteiger partial charge in [-0.25, -0.2) is 4.79 Å². The van der Waals surface area contributed by atoms with Crippen LogP contribution >= 0.6 is 23.2 Å². The zero-order chi connectivity index (χ0) is 23.4. The molecule has 0 saturated carbocycles. The Labute approximate surface area is 196 Å². The molecule has 3 N–H and O–H groups in total. The molecular weight excluding hydrogens is 455 g/mol. The van der Waals surface area contributed by atoms with E-state index in [-0.39, 0.29) is 12.8 Å². The lowest BCUT2D eigenvalue weighted by Crippen LogP contribution is -2.57. The van der Waals surface area contributed by atoms with Crippen LogP contribution in [-0.2, 0) is 19.1 Å². The lowest BCUT2D eigenvalue weighted by atomic mass is 9.89. The summed E-state index contributed by atoms with van der Waals surface area (Å²) in [6.07, 6.45) is -1.53. The minimum Gasteiger partial charge on any atom is -0.480 e. The maximum absolute atomic E-state index is 13.4. The zero-order valence-corrected chi connectivity index (χ0v) is 18.9. The highest BCUT2D eigenvalue weighted by molar-refractivity contribution is 6.30. The number of carbonyl (C=O) groups excluding carboxylic acids is 2. The number of carbonyl (C=O) groups is 3. The second-order valence-corrected chi connectivity index (χ2v) is 8.52. The van der Waals surface area contributed by atoms with Gasteiger partial charge in [0.2, 0.25) is 5.91 Å². The van der Waals surface area contributed by atoms with Gasteiger partial charge in [-0.05, 0) is 41.8 Å². The predicted molar refractivity (Wildman–Crippen MR) is 120 cm³/mol. The summed E-state index contributed by atoms with van der Waals surface area (Å²) in [5, 5.41) is 11.0. The molecule has 2 amide bonds. The van der Waals surface area contributed by atoms with Crippen molar-refractivity contribution in [2.24, 2.45) is 5.73 Å². The van der Waals surface area contributed by atoms with Crippen molar-refractivity contribution in [2.45, 2.75) is 50.5 Å². The molecule has 1 fully saturated rings. The fraction of sp³-hybridized carbons (Fsp3) is 0.348. The second kappa shape index (κ2) is 10.3. The molecule has 1 heterocycles. The van der Waals surface area contributed by atoms with Crippen LogP contribution in [0.15, 0.2) is 48.5 Å². The van der Waals surface area contributed by atoms with Gasteiger partial charge >= 0.3 is 5.97 Å². The van der Waals surface area contributed by atoms with E-state index in [2.05, 4.69) is 0 Å². The highest BCUT2D eigenvalue weighted by atomic mass is 35.5. The number of morpholine rings is 1. The Hall–Kier alpha value is -2.61. The van der Waals surface area contributed by atoms with Crippen LogP contribution in [0.4, 0.5) is 0 Å². The van der Waals surface area contributed by atoms with Crippen LogP contribution in [0.5, 0.6) is 0 Å². The summed E-state index contributed by atoms with van der Waals surface area (Å²) in [7, 11) is 0. The Kier molecular flexibility index (Phi) is 7.77. The average molecular weight is 479 g/mol. The summed E-state index contributed by atoms with van der Waals surface area (Å²) in [6.45, 7) is 1.84. The number of carboxylic acid groups (broad SMARTS) is 1. The smallest absolute Gasteiger partial charge is 0.326 e. The first-order valence-corrected chi connectivity index (χ1v) is 11.0. The van der Waals surface area contributed by atoms with Gasteiger partial charge in [0.1, 0.15) is 18.2 Å². The van der Waals surface area contributed by atoms with E-state index >= 15 is 0 Å². The van der Waals surface area contributed by atoms with Crippen molar-refractivity contribution >= 4 is 41.0 Å². The molecule has 2 aromatic carbocycles. The van der Waals surface area contributed by atoms with Gasteiger partial charge < -0.3 is 20.5 Å². The monoisotopic (exact) mass is 478 g/mol. The molecule has 0 spiro atoms. The van der Waals surface area contributed by atoms with E-state index in [1.54, 1.807) is 48.5 Å². The van der Waals surface area contributed by atoms with Gasteiger partial charge in [-0.15, -0.1) is 0 Å². The third-order valence-corrected chi connectivity index (χ3v) is 5.91. The van der Waals surface area contributed by atoms with E-state index in [0.29, 0.717) is 27.6 Å². The minimum absolute atomic E-state index is 0.238. The second-order valence-electron chi connectivity index (χ2n) is 7.65. The molecular formula is C23H24Cl2N2O5. The Bertz CT molecular complexity index is 981. The molecule has 0 aliphatic carbocycles. The number of halogens is 2. The summed E-state index contributed by atoms with van der Waals surface area (Å²) >= 11 is 12.1. The van der Waals surface area contributed by atoms with Gasteiger partial charge in [0.15, 0.2) is 0 Å². The third-order valence-electron chi connectivity index (χ3n) is 5.41. The number of hydrogen-bond acceptors (Lipinski definition) is 4. The quantitative estimate of drug-likeness (QED) is 0.592. The normalized spacial score (nSPS) is 21.9. The number of nitrogens with zero attached hydrogens (tertiary/aromatic N) is 1. The fourth-order valence-electron chi connectivity index (χ4n) is 3.99. The first-order chi connectivity index (χ1) is 15.2. The number of hydrogen-bond donors (Lipinski definition) is 2. The molecule has 1 saturated heterocycles. The average Bonchev–Trinajstić information content (AvgIpc) is 2.74. The van der Waals surface area contributed by atoms with Gasteiger partial charge in [-0.1, -0.05) is 60.8 Å². The number of benzene rings is 2. The summed E-state index contributed by atoms with van der Waals surface area (Å²) < 4.78 is 6.11. The van der Waals surface area contributed by atoms with Crippen molar-refractivity contribution in [3.63, 3.8) is 0 Å². The van der Waals surface area contributed by atoms with Crippen LogP contribution in [0.25, 0.3) is 0 Å². The SMILES string of the molecule is CCC[C@H](C(=O)O)N1C(=O)[C@H](CC(N)=O)O[C@@H](c2ccc(Cl)cc2)[C@H]1c1ccc(Cl)cc1. The fourth-order valence-corrected chi connectivity index (χ4v) is 4.24. The van der Waals surface area contributed by atoms with Crippen LogP contribution in [0.3, 0.4) is 0 Å². The number of ether oxygens (including phenoxy) is 1. The summed E-state index contributed by atoms with van der Waals surface area (Å²) in [5.41, 5.74) is 6.69. The molecule has 1 aliphatic heterocycles. The summed E-state index contributed by atoms with van der Waals surface area (Å²) in [4.78, 5) is 38.6. The van der Waals surface area contributed by atoms with Crippen LogP contribution in [-0.4, -0.2) is 39.9 Å². The number of nitrogens with two attached hydrogens (primary N) is 1. The van der Waals surface area contributed by atoms with E-state index in [0.717, 1.165) is 0 Å². The number of rotatable bonds is 8. The largest absolute Gasteiger partial charge is 0.480 e. The number of primary amides is 1. The van der Waals surface area contributed by atoms with E-state index < -0.39 is 42.1 Å². The molecule has 0 radical (unpaired) electrons. The van der Waals surface area contributed by atoms with E-state index in [1.165, 1.54) is 4.90 Å². The molecule has 7 nitrogen and oxygen atoms in total. The molecule has 32 heavy (non-hydrogen) atoms. The van der Waals surface area contributed by atoms with Crippen molar-refractivity contribution < 1.29 is 24.2 Å². The molecule has 9 heteroatoms. The molecule has 0 aromatic heterocycles. The molecule has 170 valence electrons. The summed E-state index contributed by atoms with van der Waals surface area (Å²) in [5.74, 6) is -2.44. The van der Waals surface area contributed by atoms with Crippen molar-refractivity contribution in [1.82, 2.24) is 4.90 Å². The molecule has 2 aromatic rings. The highest BCUT2D eigenvalue weighted by Gasteiger charge is 2.48. The number of carboxylic acids is 1. The zero-order valence-electron chi connectivity index (χ0n) is 17.4. The Morgan fingerprint density at radius 1 is 1.06 bits per heavy atom. The molecule has 0 unspecified atom stereocenters. The first kappa shape index (κ1) is 24.0. The van der Waals surface area contributed by atoms with Crippen molar-refractivity contribution in [1.29, 1.82) is 0 Å². The van der Waals surface area contributed by atoms with E-state index in [9.17, 15) is 19.5 Å². The lowest BCUT2D eigenvalue weighted by molar-refractivity contribution is -0.186. The van der Waals surface area contributed by atoms with Gasteiger partial charge in [0.25, 0.3) is 5.91 Å². The number of aliphatic carboxylic acids is 1. The maximum atomic E-state index is 13.4. The van der Waals surface area contributed by atoms with E-state index in [4.69, 9.17) is 33.7 Å². The predicted octanol–water partition coefficient (Wildman–Crippen LogP) is 4.13.